The Morgan fingerprint density at radius 2 is 1.89 bits per heavy atom. The van der Waals surface area contributed by atoms with E-state index < -0.39 is 11.7 Å². The number of halogens is 3. The quantitative estimate of drug-likeness (QED) is 0.884. The molecular formula is C13H13F3N2S. The molecule has 0 aliphatic rings. The number of aromatic nitrogens is 1. The van der Waals surface area contributed by atoms with Crippen LogP contribution < -0.4 is 5.32 Å². The molecule has 102 valence electrons. The highest BCUT2D eigenvalue weighted by atomic mass is 32.1. The molecule has 2 rings (SSSR count). The zero-order valence-electron chi connectivity index (χ0n) is 10.3. The van der Waals surface area contributed by atoms with Gasteiger partial charge in [0.25, 0.3) is 0 Å². The number of hydrogen-bond donors (Lipinski definition) is 1. The molecule has 0 aliphatic carbocycles. The highest BCUT2D eigenvalue weighted by Crippen LogP contribution is 2.31. The van der Waals surface area contributed by atoms with Crippen LogP contribution in [0.1, 0.15) is 18.9 Å². The molecule has 1 aromatic heterocycles. The minimum Gasteiger partial charge on any atom is -0.362 e. The Morgan fingerprint density at radius 1 is 1.21 bits per heavy atom. The molecule has 0 radical (unpaired) electrons. The third-order valence-corrected chi connectivity index (χ3v) is 3.34. The van der Waals surface area contributed by atoms with Gasteiger partial charge in [-0.25, -0.2) is 4.98 Å². The van der Waals surface area contributed by atoms with Crippen LogP contribution in [0.15, 0.2) is 29.6 Å². The van der Waals surface area contributed by atoms with Gasteiger partial charge in [-0.1, -0.05) is 19.1 Å². The minimum absolute atomic E-state index is 0.643. The van der Waals surface area contributed by atoms with Crippen LogP contribution in [0.4, 0.5) is 18.3 Å². The smallest absolute Gasteiger partial charge is 0.362 e. The van der Waals surface area contributed by atoms with Crippen molar-refractivity contribution in [3.05, 3.63) is 35.2 Å². The van der Waals surface area contributed by atoms with Gasteiger partial charge in [0.1, 0.15) is 0 Å². The molecule has 0 fully saturated rings. The molecule has 2 nitrogen and oxygen atoms in total. The molecule has 0 unspecified atom stereocenters. The maximum atomic E-state index is 12.4. The molecule has 0 saturated heterocycles. The van der Waals surface area contributed by atoms with Crippen LogP contribution >= 0.6 is 11.3 Å². The average molecular weight is 286 g/mol. The number of benzene rings is 1. The Kier molecular flexibility index (Phi) is 4.09. The zero-order valence-corrected chi connectivity index (χ0v) is 11.1. The SMILES string of the molecule is CCCNc1nc(-c2ccc(C(F)(F)F)cc2)cs1. The lowest BCUT2D eigenvalue weighted by molar-refractivity contribution is -0.137. The van der Waals surface area contributed by atoms with E-state index in [1.165, 1.54) is 23.5 Å². The molecule has 0 bridgehead atoms. The van der Waals surface area contributed by atoms with Crippen molar-refractivity contribution in [3.8, 4) is 11.3 Å². The number of nitrogens with zero attached hydrogens (tertiary/aromatic N) is 1. The topological polar surface area (TPSA) is 24.9 Å². The largest absolute Gasteiger partial charge is 0.416 e. The number of alkyl halides is 3. The summed E-state index contributed by atoms with van der Waals surface area (Å²) in [4.78, 5) is 4.34. The number of thiazole rings is 1. The van der Waals surface area contributed by atoms with Crippen molar-refractivity contribution in [2.45, 2.75) is 19.5 Å². The minimum atomic E-state index is -4.30. The molecule has 19 heavy (non-hydrogen) atoms. The van der Waals surface area contributed by atoms with Gasteiger partial charge < -0.3 is 5.32 Å². The number of nitrogens with one attached hydrogen (secondary N) is 1. The second-order valence-electron chi connectivity index (χ2n) is 4.04. The van der Waals surface area contributed by atoms with E-state index in [0.29, 0.717) is 11.3 Å². The number of rotatable bonds is 4. The fourth-order valence-corrected chi connectivity index (χ4v) is 2.30. The normalized spacial score (nSPS) is 11.6. The van der Waals surface area contributed by atoms with Gasteiger partial charge in [-0.2, -0.15) is 13.2 Å². The molecule has 1 heterocycles. The van der Waals surface area contributed by atoms with E-state index in [0.717, 1.165) is 30.2 Å². The van der Waals surface area contributed by atoms with Crippen LogP contribution in [0, 0.1) is 0 Å². The van der Waals surface area contributed by atoms with Crippen LogP contribution in [0.2, 0.25) is 0 Å². The molecule has 0 atom stereocenters. The Labute approximate surface area is 113 Å². The maximum Gasteiger partial charge on any atom is 0.416 e. The number of hydrogen-bond acceptors (Lipinski definition) is 3. The first-order chi connectivity index (χ1) is 9.00. The monoisotopic (exact) mass is 286 g/mol. The van der Waals surface area contributed by atoms with Crippen LogP contribution in [-0.4, -0.2) is 11.5 Å². The molecule has 0 spiro atoms. The van der Waals surface area contributed by atoms with Crippen LogP contribution in [0.5, 0.6) is 0 Å². The predicted octanol–water partition coefficient (Wildman–Crippen LogP) is 4.65. The molecule has 1 N–H and O–H groups in total. The summed E-state index contributed by atoms with van der Waals surface area (Å²) < 4.78 is 37.3. The van der Waals surface area contributed by atoms with Crippen molar-refractivity contribution in [1.29, 1.82) is 0 Å². The molecule has 1 aromatic carbocycles. The second kappa shape index (κ2) is 5.61. The standard InChI is InChI=1S/C13H13F3N2S/c1-2-7-17-12-18-11(8-19-12)9-3-5-10(6-4-9)13(14,15)16/h3-6,8H,2,7H2,1H3,(H,17,18). The first-order valence-corrected chi connectivity index (χ1v) is 6.75. The Morgan fingerprint density at radius 3 is 2.47 bits per heavy atom. The third kappa shape index (κ3) is 3.47. The van der Waals surface area contributed by atoms with Gasteiger partial charge in [0.05, 0.1) is 11.3 Å². The fourth-order valence-electron chi connectivity index (χ4n) is 1.55. The van der Waals surface area contributed by atoms with Crippen molar-refractivity contribution in [3.63, 3.8) is 0 Å². The van der Waals surface area contributed by atoms with E-state index in [1.54, 1.807) is 0 Å². The van der Waals surface area contributed by atoms with Gasteiger partial charge in [-0.3, -0.25) is 0 Å². The van der Waals surface area contributed by atoms with Crippen molar-refractivity contribution in [1.82, 2.24) is 4.98 Å². The summed E-state index contributed by atoms with van der Waals surface area (Å²) in [6, 6.07) is 5.05. The first kappa shape index (κ1) is 13.9. The molecule has 6 heteroatoms. The zero-order chi connectivity index (χ0) is 13.9. The third-order valence-electron chi connectivity index (χ3n) is 2.54. The van der Waals surface area contributed by atoms with Crippen molar-refractivity contribution < 1.29 is 13.2 Å². The maximum absolute atomic E-state index is 12.4. The summed E-state index contributed by atoms with van der Waals surface area (Å²) in [7, 11) is 0. The molecule has 0 aliphatic heterocycles. The highest BCUT2D eigenvalue weighted by molar-refractivity contribution is 7.14. The van der Waals surface area contributed by atoms with E-state index in [1.807, 2.05) is 5.38 Å². The Balaban J connectivity index is 2.16. The molecular weight excluding hydrogens is 273 g/mol. The van der Waals surface area contributed by atoms with Crippen molar-refractivity contribution >= 4 is 16.5 Å². The lowest BCUT2D eigenvalue weighted by atomic mass is 10.1. The Bertz CT molecular complexity index is 532. The van der Waals surface area contributed by atoms with Gasteiger partial charge in [-0.15, -0.1) is 11.3 Å². The van der Waals surface area contributed by atoms with Crippen LogP contribution in [0.3, 0.4) is 0 Å². The molecule has 2 aromatic rings. The van der Waals surface area contributed by atoms with Crippen molar-refractivity contribution in [2.75, 3.05) is 11.9 Å². The van der Waals surface area contributed by atoms with Gasteiger partial charge in [0.15, 0.2) is 5.13 Å². The van der Waals surface area contributed by atoms with Crippen LogP contribution in [0.25, 0.3) is 11.3 Å². The lowest BCUT2D eigenvalue weighted by Crippen LogP contribution is -2.04. The fraction of sp³-hybridized carbons (Fsp3) is 0.308. The van der Waals surface area contributed by atoms with Gasteiger partial charge >= 0.3 is 6.18 Å². The molecule has 0 saturated carbocycles. The average Bonchev–Trinajstić information content (AvgIpc) is 2.84. The summed E-state index contributed by atoms with van der Waals surface area (Å²) in [6.45, 7) is 2.89. The van der Waals surface area contributed by atoms with Gasteiger partial charge in [-0.05, 0) is 18.6 Å². The summed E-state index contributed by atoms with van der Waals surface area (Å²) in [5, 5.41) is 5.77. The van der Waals surface area contributed by atoms with E-state index in [4.69, 9.17) is 0 Å². The highest BCUT2D eigenvalue weighted by Gasteiger charge is 2.30. The Hall–Kier alpha value is -1.56. The second-order valence-corrected chi connectivity index (χ2v) is 4.90. The van der Waals surface area contributed by atoms with Crippen LogP contribution in [-0.2, 0) is 6.18 Å². The number of anilines is 1. The lowest BCUT2D eigenvalue weighted by Gasteiger charge is -2.06. The summed E-state index contributed by atoms with van der Waals surface area (Å²) in [5.74, 6) is 0. The molecule has 0 amide bonds. The van der Waals surface area contributed by atoms with E-state index in [2.05, 4.69) is 17.2 Å². The first-order valence-electron chi connectivity index (χ1n) is 5.87. The van der Waals surface area contributed by atoms with E-state index in [-0.39, 0.29) is 0 Å². The summed E-state index contributed by atoms with van der Waals surface area (Å²) in [6.07, 6.45) is -3.30. The summed E-state index contributed by atoms with van der Waals surface area (Å²) >= 11 is 1.45. The van der Waals surface area contributed by atoms with E-state index in [9.17, 15) is 13.2 Å². The van der Waals surface area contributed by atoms with Crippen molar-refractivity contribution in [2.24, 2.45) is 0 Å². The van der Waals surface area contributed by atoms with Gasteiger partial charge in [0.2, 0.25) is 0 Å². The van der Waals surface area contributed by atoms with E-state index >= 15 is 0 Å². The predicted molar refractivity (Wildman–Crippen MR) is 71.3 cm³/mol. The summed E-state index contributed by atoms with van der Waals surface area (Å²) in [5.41, 5.74) is 0.738. The van der Waals surface area contributed by atoms with Gasteiger partial charge in [0, 0.05) is 17.5 Å².